The van der Waals surface area contributed by atoms with E-state index in [-0.39, 0.29) is 31.0 Å². The van der Waals surface area contributed by atoms with Crippen LogP contribution in [0, 0.1) is 5.92 Å². The molecule has 1 atom stereocenters. The standard InChI is InChI=1S/C9H17NO2.ClH/c1-7(12-9(11)6-10)8-4-2-3-5-8;/h7-8H,2-6,10H2,1H3;1H. The van der Waals surface area contributed by atoms with Gasteiger partial charge >= 0.3 is 5.97 Å². The second kappa shape index (κ2) is 6.22. The average molecular weight is 208 g/mol. The minimum Gasteiger partial charge on any atom is -0.461 e. The first-order valence-corrected chi connectivity index (χ1v) is 4.63. The highest BCUT2D eigenvalue weighted by atomic mass is 35.5. The Kier molecular flexibility index (Phi) is 6.08. The maximum atomic E-state index is 10.8. The minimum absolute atomic E-state index is 0. The molecule has 0 amide bonds. The van der Waals surface area contributed by atoms with Gasteiger partial charge in [0.2, 0.25) is 0 Å². The molecule has 0 saturated heterocycles. The van der Waals surface area contributed by atoms with Crippen LogP contribution in [0.25, 0.3) is 0 Å². The van der Waals surface area contributed by atoms with Crippen LogP contribution < -0.4 is 5.73 Å². The molecule has 0 aromatic rings. The van der Waals surface area contributed by atoms with Gasteiger partial charge in [-0.2, -0.15) is 0 Å². The lowest BCUT2D eigenvalue weighted by Gasteiger charge is -2.18. The summed E-state index contributed by atoms with van der Waals surface area (Å²) in [5.74, 6) is 0.287. The third-order valence-electron chi connectivity index (χ3n) is 2.55. The summed E-state index contributed by atoms with van der Waals surface area (Å²) in [5, 5.41) is 0. The van der Waals surface area contributed by atoms with Crippen LogP contribution in [0.3, 0.4) is 0 Å². The van der Waals surface area contributed by atoms with Gasteiger partial charge in [0.15, 0.2) is 0 Å². The van der Waals surface area contributed by atoms with E-state index in [2.05, 4.69) is 0 Å². The molecule has 0 spiro atoms. The summed E-state index contributed by atoms with van der Waals surface area (Å²) in [4.78, 5) is 10.8. The number of halogens is 1. The maximum absolute atomic E-state index is 10.8. The van der Waals surface area contributed by atoms with Crippen LogP contribution >= 0.6 is 12.4 Å². The molecule has 1 saturated carbocycles. The van der Waals surface area contributed by atoms with E-state index in [0.717, 1.165) is 0 Å². The first-order chi connectivity index (χ1) is 5.74. The van der Waals surface area contributed by atoms with Crippen LogP contribution in [0.15, 0.2) is 0 Å². The lowest BCUT2D eigenvalue weighted by Crippen LogP contribution is -2.26. The fourth-order valence-electron chi connectivity index (χ4n) is 1.78. The van der Waals surface area contributed by atoms with E-state index in [4.69, 9.17) is 10.5 Å². The average Bonchev–Trinajstić information content (AvgIpc) is 2.56. The number of rotatable bonds is 3. The molecule has 13 heavy (non-hydrogen) atoms. The first kappa shape index (κ1) is 12.7. The Balaban J connectivity index is 0.00000144. The second-order valence-electron chi connectivity index (χ2n) is 3.44. The van der Waals surface area contributed by atoms with E-state index in [1.807, 2.05) is 6.92 Å². The van der Waals surface area contributed by atoms with Gasteiger partial charge in [-0.3, -0.25) is 4.79 Å². The zero-order chi connectivity index (χ0) is 8.97. The van der Waals surface area contributed by atoms with E-state index < -0.39 is 0 Å². The largest absolute Gasteiger partial charge is 0.461 e. The van der Waals surface area contributed by atoms with Gasteiger partial charge in [-0.25, -0.2) is 0 Å². The summed E-state index contributed by atoms with van der Waals surface area (Å²) >= 11 is 0. The monoisotopic (exact) mass is 207 g/mol. The minimum atomic E-state index is -0.283. The lowest BCUT2D eigenvalue weighted by atomic mass is 10.0. The number of hydrogen-bond acceptors (Lipinski definition) is 3. The summed E-state index contributed by atoms with van der Waals surface area (Å²) in [6, 6.07) is 0. The van der Waals surface area contributed by atoms with E-state index in [9.17, 15) is 4.79 Å². The molecular formula is C9H18ClNO2. The zero-order valence-electron chi connectivity index (χ0n) is 7.99. The van der Waals surface area contributed by atoms with Crippen LogP contribution in [-0.2, 0) is 9.53 Å². The third kappa shape index (κ3) is 3.96. The maximum Gasteiger partial charge on any atom is 0.319 e. The number of esters is 1. The van der Waals surface area contributed by atoms with Gasteiger partial charge in [-0.1, -0.05) is 12.8 Å². The molecule has 1 rings (SSSR count). The van der Waals surface area contributed by atoms with Gasteiger partial charge in [-0.15, -0.1) is 12.4 Å². The van der Waals surface area contributed by atoms with Gasteiger partial charge < -0.3 is 10.5 Å². The van der Waals surface area contributed by atoms with Gasteiger partial charge in [0.05, 0.1) is 6.54 Å². The highest BCUT2D eigenvalue weighted by Gasteiger charge is 2.23. The highest BCUT2D eigenvalue weighted by molar-refractivity contribution is 5.85. The molecule has 0 aromatic heterocycles. The summed E-state index contributed by atoms with van der Waals surface area (Å²) in [5.41, 5.74) is 5.14. The van der Waals surface area contributed by atoms with E-state index >= 15 is 0 Å². The van der Waals surface area contributed by atoms with Crippen LogP contribution in [0.1, 0.15) is 32.6 Å². The van der Waals surface area contributed by atoms with Gasteiger partial charge in [-0.05, 0) is 25.7 Å². The normalized spacial score (nSPS) is 19.2. The van der Waals surface area contributed by atoms with Crippen LogP contribution in [0.5, 0.6) is 0 Å². The Morgan fingerprint density at radius 3 is 2.54 bits per heavy atom. The SMILES string of the molecule is CC(OC(=O)CN)C1CCCC1.Cl. The molecule has 2 N–H and O–H groups in total. The number of ether oxygens (including phenoxy) is 1. The fraction of sp³-hybridized carbons (Fsp3) is 0.889. The summed E-state index contributed by atoms with van der Waals surface area (Å²) in [6.45, 7) is 1.96. The molecule has 0 aliphatic heterocycles. The predicted molar refractivity (Wildman–Crippen MR) is 53.8 cm³/mol. The van der Waals surface area contributed by atoms with E-state index in [1.54, 1.807) is 0 Å². The quantitative estimate of drug-likeness (QED) is 0.714. The van der Waals surface area contributed by atoms with Crippen LogP contribution in [0.4, 0.5) is 0 Å². The van der Waals surface area contributed by atoms with Crippen molar-refractivity contribution in [1.29, 1.82) is 0 Å². The molecule has 4 heteroatoms. The predicted octanol–water partition coefficient (Wildman–Crippen LogP) is 1.49. The van der Waals surface area contributed by atoms with Gasteiger partial charge in [0.25, 0.3) is 0 Å². The molecule has 1 fully saturated rings. The van der Waals surface area contributed by atoms with Crippen molar-refractivity contribution in [3.05, 3.63) is 0 Å². The van der Waals surface area contributed by atoms with E-state index in [0.29, 0.717) is 5.92 Å². The van der Waals surface area contributed by atoms with Crippen molar-refractivity contribution < 1.29 is 9.53 Å². The lowest BCUT2D eigenvalue weighted by molar-refractivity contribution is -0.148. The van der Waals surface area contributed by atoms with Crippen molar-refractivity contribution in [2.45, 2.75) is 38.7 Å². The zero-order valence-corrected chi connectivity index (χ0v) is 8.81. The number of carbonyl (C=O) groups is 1. The Hall–Kier alpha value is -0.280. The van der Waals surface area contributed by atoms with Crippen molar-refractivity contribution in [2.75, 3.05) is 6.54 Å². The van der Waals surface area contributed by atoms with Crippen LogP contribution in [-0.4, -0.2) is 18.6 Å². The smallest absolute Gasteiger partial charge is 0.319 e. The molecule has 1 unspecified atom stereocenters. The molecule has 1 aliphatic rings. The summed E-state index contributed by atoms with van der Waals surface area (Å²) < 4.78 is 5.12. The molecule has 0 heterocycles. The van der Waals surface area contributed by atoms with Crippen molar-refractivity contribution in [3.63, 3.8) is 0 Å². The fourth-order valence-corrected chi connectivity index (χ4v) is 1.78. The Bertz CT molecular complexity index is 158. The number of hydrogen-bond donors (Lipinski definition) is 1. The third-order valence-corrected chi connectivity index (χ3v) is 2.55. The van der Waals surface area contributed by atoms with Gasteiger partial charge in [0, 0.05) is 0 Å². The molecule has 0 radical (unpaired) electrons. The molecule has 1 aliphatic carbocycles. The Labute approximate surface area is 85.4 Å². The summed E-state index contributed by atoms with van der Waals surface area (Å²) in [6.07, 6.45) is 4.99. The first-order valence-electron chi connectivity index (χ1n) is 4.63. The van der Waals surface area contributed by atoms with Crippen LogP contribution in [0.2, 0.25) is 0 Å². The molecule has 0 bridgehead atoms. The van der Waals surface area contributed by atoms with Crippen molar-refractivity contribution >= 4 is 18.4 Å². The molecular weight excluding hydrogens is 190 g/mol. The number of carbonyl (C=O) groups excluding carboxylic acids is 1. The molecule has 78 valence electrons. The highest BCUT2D eigenvalue weighted by Crippen LogP contribution is 2.28. The van der Waals surface area contributed by atoms with Crippen molar-refractivity contribution in [1.82, 2.24) is 0 Å². The van der Waals surface area contributed by atoms with Gasteiger partial charge in [0.1, 0.15) is 6.10 Å². The Morgan fingerprint density at radius 2 is 2.08 bits per heavy atom. The molecule has 3 nitrogen and oxygen atoms in total. The van der Waals surface area contributed by atoms with Crippen molar-refractivity contribution in [3.8, 4) is 0 Å². The molecule has 0 aromatic carbocycles. The van der Waals surface area contributed by atoms with E-state index in [1.165, 1.54) is 25.7 Å². The number of nitrogens with two attached hydrogens (primary N) is 1. The van der Waals surface area contributed by atoms with Crippen molar-refractivity contribution in [2.24, 2.45) is 11.7 Å². The Morgan fingerprint density at radius 1 is 1.54 bits per heavy atom. The summed E-state index contributed by atoms with van der Waals surface area (Å²) in [7, 11) is 0. The topological polar surface area (TPSA) is 52.3 Å². The second-order valence-corrected chi connectivity index (χ2v) is 3.44.